The van der Waals surface area contributed by atoms with Crippen LogP contribution in [0.1, 0.15) is 41.0 Å². The standard InChI is InChI=1S/C25H22Br2N2O/c1-13-17(26)12-18(27)24-22(13)23(25(30)28-24)21-14(2)20(15-8-4-5-9-16(15)21)19-10-6-7-11-29(19)3/h4-12,19,21,23H,1-3H3,(H,28,30). The van der Waals surface area contributed by atoms with Gasteiger partial charge in [0.2, 0.25) is 5.91 Å². The normalized spacial score (nSPS) is 24.4. The Hall–Kier alpha value is -2.11. The number of allylic oxidation sites excluding steroid dienone is 3. The van der Waals surface area contributed by atoms with Gasteiger partial charge in [0, 0.05) is 21.9 Å². The van der Waals surface area contributed by atoms with E-state index in [1.165, 1.54) is 22.3 Å². The molecule has 1 aliphatic carbocycles. The van der Waals surface area contributed by atoms with Crippen molar-refractivity contribution >= 4 is 49.0 Å². The Kier molecular flexibility index (Phi) is 4.79. The van der Waals surface area contributed by atoms with Gasteiger partial charge in [-0.15, -0.1) is 0 Å². The molecule has 0 saturated carbocycles. The van der Waals surface area contributed by atoms with E-state index in [0.29, 0.717) is 0 Å². The molecule has 0 aromatic heterocycles. The molecule has 2 heterocycles. The quantitative estimate of drug-likeness (QED) is 0.484. The summed E-state index contributed by atoms with van der Waals surface area (Å²) in [7, 11) is 2.11. The van der Waals surface area contributed by atoms with Crippen molar-refractivity contribution in [3.63, 3.8) is 0 Å². The van der Waals surface area contributed by atoms with E-state index >= 15 is 0 Å². The fourth-order valence-corrected chi connectivity index (χ4v) is 6.53. The van der Waals surface area contributed by atoms with E-state index in [-0.39, 0.29) is 23.8 Å². The average molecular weight is 526 g/mol. The lowest BCUT2D eigenvalue weighted by Crippen LogP contribution is -2.28. The van der Waals surface area contributed by atoms with Crippen LogP contribution >= 0.6 is 31.9 Å². The molecule has 5 rings (SSSR count). The van der Waals surface area contributed by atoms with E-state index < -0.39 is 0 Å². The third-order valence-electron chi connectivity index (χ3n) is 6.64. The van der Waals surface area contributed by atoms with Crippen LogP contribution in [0.4, 0.5) is 5.69 Å². The van der Waals surface area contributed by atoms with Crippen LogP contribution in [0.15, 0.2) is 69.3 Å². The Balaban J connectivity index is 1.72. The van der Waals surface area contributed by atoms with Gasteiger partial charge in [0.05, 0.1) is 17.6 Å². The first-order valence-corrected chi connectivity index (χ1v) is 11.6. The summed E-state index contributed by atoms with van der Waals surface area (Å²) in [6, 6.07) is 10.7. The molecule has 0 bridgehead atoms. The fraction of sp³-hybridized carbons (Fsp3) is 0.240. The number of nitrogens with zero attached hydrogens (tertiary/aromatic N) is 1. The van der Waals surface area contributed by atoms with Crippen molar-refractivity contribution in [1.82, 2.24) is 4.90 Å². The second-order valence-corrected chi connectivity index (χ2v) is 9.93. The van der Waals surface area contributed by atoms with E-state index in [9.17, 15) is 4.79 Å². The molecule has 30 heavy (non-hydrogen) atoms. The molecular weight excluding hydrogens is 504 g/mol. The zero-order valence-corrected chi connectivity index (χ0v) is 20.2. The topological polar surface area (TPSA) is 32.3 Å². The summed E-state index contributed by atoms with van der Waals surface area (Å²) in [4.78, 5) is 15.6. The molecule has 1 N–H and O–H groups in total. The highest BCUT2D eigenvalue weighted by molar-refractivity contribution is 9.11. The van der Waals surface area contributed by atoms with Gasteiger partial charge in [-0.1, -0.05) is 57.9 Å². The molecule has 2 aromatic rings. The Labute approximate surface area is 193 Å². The molecule has 0 fully saturated rings. The van der Waals surface area contributed by atoms with Gasteiger partial charge >= 0.3 is 0 Å². The van der Waals surface area contributed by atoms with E-state index in [4.69, 9.17) is 0 Å². The molecule has 2 aliphatic heterocycles. The molecule has 0 radical (unpaired) electrons. The minimum Gasteiger partial charge on any atom is -0.370 e. The van der Waals surface area contributed by atoms with Crippen molar-refractivity contribution in [3.8, 4) is 0 Å². The number of benzene rings is 2. The fourth-order valence-electron chi connectivity index (χ4n) is 5.23. The van der Waals surface area contributed by atoms with Gasteiger partial charge in [0.1, 0.15) is 0 Å². The maximum absolute atomic E-state index is 13.3. The largest absolute Gasteiger partial charge is 0.370 e. The van der Waals surface area contributed by atoms with Crippen LogP contribution in [0.25, 0.3) is 5.57 Å². The number of amides is 1. The minimum absolute atomic E-state index is 0.0186. The second-order valence-electron chi connectivity index (χ2n) is 8.22. The Morgan fingerprint density at radius 3 is 2.57 bits per heavy atom. The molecule has 3 atom stereocenters. The Bertz CT molecular complexity index is 1180. The summed E-state index contributed by atoms with van der Waals surface area (Å²) in [6.07, 6.45) is 8.51. The zero-order chi connectivity index (χ0) is 21.2. The van der Waals surface area contributed by atoms with E-state index in [0.717, 1.165) is 25.8 Å². The Morgan fingerprint density at radius 2 is 1.80 bits per heavy atom. The van der Waals surface area contributed by atoms with Gasteiger partial charge in [0.15, 0.2) is 0 Å². The zero-order valence-electron chi connectivity index (χ0n) is 17.0. The number of hydrogen-bond donors (Lipinski definition) is 1. The van der Waals surface area contributed by atoms with Crippen molar-refractivity contribution in [3.05, 3.63) is 91.5 Å². The lowest BCUT2D eigenvalue weighted by molar-refractivity contribution is -0.117. The maximum atomic E-state index is 13.3. The van der Waals surface area contributed by atoms with Crippen LogP contribution in [0, 0.1) is 6.92 Å². The molecule has 3 unspecified atom stereocenters. The molecular formula is C25H22Br2N2O. The number of carbonyl (C=O) groups is 1. The molecule has 152 valence electrons. The molecule has 3 aliphatic rings. The molecule has 0 saturated heterocycles. The van der Waals surface area contributed by atoms with Crippen molar-refractivity contribution in [2.24, 2.45) is 0 Å². The highest BCUT2D eigenvalue weighted by Crippen LogP contribution is 2.55. The third kappa shape index (κ3) is 2.78. The van der Waals surface area contributed by atoms with Gasteiger partial charge in [0.25, 0.3) is 0 Å². The molecule has 0 spiro atoms. The average Bonchev–Trinajstić information content (AvgIpc) is 3.21. The van der Waals surface area contributed by atoms with Crippen molar-refractivity contribution < 1.29 is 4.79 Å². The number of fused-ring (bicyclic) bond motifs is 2. The summed E-state index contributed by atoms with van der Waals surface area (Å²) in [6.45, 7) is 4.29. The van der Waals surface area contributed by atoms with Gasteiger partial charge in [-0.25, -0.2) is 0 Å². The van der Waals surface area contributed by atoms with E-state index in [2.05, 4.69) is 112 Å². The SMILES string of the molecule is CC1=C(C2C=CC=CN2C)c2ccccc2C1C1C(=O)Nc2c(Br)cc(Br)c(C)c21. The number of halogens is 2. The van der Waals surface area contributed by atoms with E-state index in [1.807, 2.05) is 6.07 Å². The van der Waals surface area contributed by atoms with Gasteiger partial charge in [-0.2, -0.15) is 0 Å². The Morgan fingerprint density at radius 1 is 1.03 bits per heavy atom. The van der Waals surface area contributed by atoms with Crippen LogP contribution in [0.5, 0.6) is 0 Å². The molecule has 2 aromatic carbocycles. The predicted octanol–water partition coefficient (Wildman–Crippen LogP) is 6.51. The molecule has 5 heteroatoms. The molecule has 3 nitrogen and oxygen atoms in total. The number of carbonyl (C=O) groups excluding carboxylic acids is 1. The maximum Gasteiger partial charge on any atom is 0.233 e. The summed E-state index contributed by atoms with van der Waals surface area (Å²) < 4.78 is 1.93. The lowest BCUT2D eigenvalue weighted by Gasteiger charge is -2.29. The van der Waals surface area contributed by atoms with Crippen molar-refractivity contribution in [2.75, 3.05) is 12.4 Å². The van der Waals surface area contributed by atoms with Crippen molar-refractivity contribution in [1.29, 1.82) is 0 Å². The smallest absolute Gasteiger partial charge is 0.233 e. The number of likely N-dealkylation sites (N-methyl/N-ethyl adjacent to an activating group) is 1. The van der Waals surface area contributed by atoms with Gasteiger partial charge < -0.3 is 10.2 Å². The summed E-state index contributed by atoms with van der Waals surface area (Å²) in [5.74, 6) is -0.161. The number of rotatable bonds is 2. The lowest BCUT2D eigenvalue weighted by atomic mass is 9.79. The van der Waals surface area contributed by atoms with Gasteiger partial charge in [-0.05, 0) is 75.9 Å². The van der Waals surface area contributed by atoms with Crippen LogP contribution in [-0.2, 0) is 4.79 Å². The first kappa shape index (κ1) is 19.8. The van der Waals surface area contributed by atoms with Crippen LogP contribution in [-0.4, -0.2) is 23.9 Å². The summed E-state index contributed by atoms with van der Waals surface area (Å²) >= 11 is 7.33. The van der Waals surface area contributed by atoms with Crippen LogP contribution in [0.2, 0.25) is 0 Å². The first-order chi connectivity index (χ1) is 14.4. The van der Waals surface area contributed by atoms with Crippen LogP contribution in [0.3, 0.4) is 0 Å². The third-order valence-corrected chi connectivity index (χ3v) is 8.09. The number of hydrogen-bond acceptors (Lipinski definition) is 2. The summed E-state index contributed by atoms with van der Waals surface area (Å²) in [5, 5.41) is 3.15. The first-order valence-electron chi connectivity index (χ1n) is 10.1. The molecule has 1 amide bonds. The van der Waals surface area contributed by atoms with Crippen molar-refractivity contribution in [2.45, 2.75) is 31.7 Å². The van der Waals surface area contributed by atoms with Crippen LogP contribution < -0.4 is 5.32 Å². The van der Waals surface area contributed by atoms with E-state index in [1.54, 1.807) is 0 Å². The second kappa shape index (κ2) is 7.24. The highest BCUT2D eigenvalue weighted by Gasteiger charge is 2.45. The van der Waals surface area contributed by atoms with Gasteiger partial charge in [-0.3, -0.25) is 4.79 Å². The number of nitrogens with one attached hydrogen (secondary N) is 1. The summed E-state index contributed by atoms with van der Waals surface area (Å²) in [5.41, 5.74) is 8.20. The highest BCUT2D eigenvalue weighted by atomic mass is 79.9. The monoisotopic (exact) mass is 524 g/mol. The predicted molar refractivity (Wildman–Crippen MR) is 130 cm³/mol. The minimum atomic E-state index is -0.249. The number of anilines is 1.